The third-order valence-electron chi connectivity index (χ3n) is 1.60. The molecule has 0 radical (unpaired) electrons. The van der Waals surface area contributed by atoms with Gasteiger partial charge in [-0.2, -0.15) is 0 Å². The van der Waals surface area contributed by atoms with Crippen LogP contribution in [-0.2, 0) is 4.79 Å². The smallest absolute Gasteiger partial charge is 0.241 e. The van der Waals surface area contributed by atoms with Crippen molar-refractivity contribution in [2.75, 3.05) is 5.32 Å². The van der Waals surface area contributed by atoms with Gasteiger partial charge in [-0.25, -0.2) is 9.97 Å². The van der Waals surface area contributed by atoms with Gasteiger partial charge in [0.25, 0.3) is 0 Å². The van der Waals surface area contributed by atoms with Gasteiger partial charge in [-0.05, 0) is 6.42 Å². The second-order valence-electron chi connectivity index (χ2n) is 2.63. The first kappa shape index (κ1) is 9.60. The summed E-state index contributed by atoms with van der Waals surface area (Å²) in [6, 6.07) is -0.472. The van der Waals surface area contributed by atoms with Gasteiger partial charge in [0, 0.05) is 0 Å². The van der Waals surface area contributed by atoms with Gasteiger partial charge in [-0.1, -0.05) is 6.92 Å². The van der Waals surface area contributed by atoms with Gasteiger partial charge in [-0.3, -0.25) is 4.79 Å². The Morgan fingerprint density at radius 2 is 2.23 bits per heavy atom. The minimum absolute atomic E-state index is 0.211. The topological polar surface area (TPSA) is 80.9 Å². The maximum Gasteiger partial charge on any atom is 0.241 e. The van der Waals surface area contributed by atoms with Crippen LogP contribution in [0, 0.1) is 0 Å². The van der Waals surface area contributed by atoms with Gasteiger partial charge in [0.15, 0.2) is 0 Å². The molecule has 3 N–H and O–H groups in total. The van der Waals surface area contributed by atoms with E-state index in [0.717, 1.165) is 0 Å². The first-order chi connectivity index (χ1) is 6.24. The minimum atomic E-state index is -0.472. The third-order valence-corrected chi connectivity index (χ3v) is 1.60. The van der Waals surface area contributed by atoms with Gasteiger partial charge in [0.1, 0.15) is 6.33 Å². The van der Waals surface area contributed by atoms with Crippen molar-refractivity contribution >= 4 is 11.6 Å². The Hall–Kier alpha value is -1.49. The van der Waals surface area contributed by atoms with E-state index in [0.29, 0.717) is 12.1 Å². The molecule has 0 aliphatic rings. The van der Waals surface area contributed by atoms with Crippen LogP contribution in [0.1, 0.15) is 13.3 Å². The third kappa shape index (κ3) is 2.79. The summed E-state index contributed by atoms with van der Waals surface area (Å²) in [6.45, 7) is 1.85. The highest BCUT2D eigenvalue weighted by Crippen LogP contribution is 2.01. The number of nitrogens with two attached hydrogens (primary N) is 1. The van der Waals surface area contributed by atoms with Gasteiger partial charge in [-0.15, -0.1) is 0 Å². The van der Waals surface area contributed by atoms with Crippen molar-refractivity contribution in [2.45, 2.75) is 19.4 Å². The summed E-state index contributed by atoms with van der Waals surface area (Å²) >= 11 is 0. The predicted molar refractivity (Wildman–Crippen MR) is 48.9 cm³/mol. The maximum atomic E-state index is 11.3. The predicted octanol–water partition coefficient (Wildman–Crippen LogP) is 0.152. The molecule has 0 bridgehead atoms. The Kier molecular flexibility index (Phi) is 3.33. The van der Waals surface area contributed by atoms with E-state index in [-0.39, 0.29) is 5.91 Å². The fourth-order valence-corrected chi connectivity index (χ4v) is 0.784. The van der Waals surface area contributed by atoms with Crippen LogP contribution in [0.5, 0.6) is 0 Å². The molecule has 5 heteroatoms. The largest absolute Gasteiger partial charge is 0.322 e. The van der Waals surface area contributed by atoms with Crippen molar-refractivity contribution in [3.63, 3.8) is 0 Å². The average Bonchev–Trinajstić information content (AvgIpc) is 2.18. The highest BCUT2D eigenvalue weighted by atomic mass is 16.2. The molecule has 0 aliphatic heterocycles. The molecule has 5 nitrogen and oxygen atoms in total. The lowest BCUT2D eigenvalue weighted by molar-refractivity contribution is -0.117. The van der Waals surface area contributed by atoms with Gasteiger partial charge in [0.05, 0.1) is 24.1 Å². The molecule has 0 aliphatic carbocycles. The zero-order valence-corrected chi connectivity index (χ0v) is 7.40. The molecule has 1 aromatic heterocycles. The molecule has 1 heterocycles. The fraction of sp³-hybridized carbons (Fsp3) is 0.375. The summed E-state index contributed by atoms with van der Waals surface area (Å²) < 4.78 is 0. The van der Waals surface area contributed by atoms with Crippen LogP contribution in [0.15, 0.2) is 18.7 Å². The first-order valence-electron chi connectivity index (χ1n) is 4.05. The fourth-order valence-electron chi connectivity index (χ4n) is 0.784. The molecule has 70 valence electrons. The molecule has 0 spiro atoms. The van der Waals surface area contributed by atoms with Crippen LogP contribution in [0.3, 0.4) is 0 Å². The molecule has 13 heavy (non-hydrogen) atoms. The lowest BCUT2D eigenvalue weighted by atomic mass is 10.2. The Labute approximate surface area is 76.4 Å². The van der Waals surface area contributed by atoms with Gasteiger partial charge >= 0.3 is 0 Å². The van der Waals surface area contributed by atoms with E-state index < -0.39 is 6.04 Å². The van der Waals surface area contributed by atoms with Crippen molar-refractivity contribution in [1.82, 2.24) is 9.97 Å². The number of hydrogen-bond acceptors (Lipinski definition) is 4. The highest BCUT2D eigenvalue weighted by Gasteiger charge is 2.10. The minimum Gasteiger partial charge on any atom is -0.322 e. The van der Waals surface area contributed by atoms with Crippen molar-refractivity contribution in [2.24, 2.45) is 5.73 Å². The van der Waals surface area contributed by atoms with Crippen LogP contribution in [0.25, 0.3) is 0 Å². The number of carbonyl (C=O) groups is 1. The molecule has 1 rings (SSSR count). The number of aromatic nitrogens is 2. The summed E-state index contributed by atoms with van der Waals surface area (Å²) in [7, 11) is 0. The quantitative estimate of drug-likeness (QED) is 0.694. The molecule has 0 aromatic carbocycles. The van der Waals surface area contributed by atoms with E-state index in [9.17, 15) is 4.79 Å². The second-order valence-corrected chi connectivity index (χ2v) is 2.63. The summed E-state index contributed by atoms with van der Waals surface area (Å²) in [5.74, 6) is -0.211. The molecule has 0 unspecified atom stereocenters. The molecule has 0 saturated carbocycles. The van der Waals surface area contributed by atoms with E-state index in [1.165, 1.54) is 18.7 Å². The maximum absolute atomic E-state index is 11.3. The summed E-state index contributed by atoms with van der Waals surface area (Å²) in [5, 5.41) is 2.60. The molecular formula is C8H12N4O. The molecule has 1 amide bonds. The van der Waals surface area contributed by atoms with E-state index in [2.05, 4.69) is 15.3 Å². The number of amides is 1. The first-order valence-corrected chi connectivity index (χ1v) is 4.05. The Morgan fingerprint density at radius 1 is 1.62 bits per heavy atom. The molecule has 1 aromatic rings. The van der Waals surface area contributed by atoms with Crippen molar-refractivity contribution < 1.29 is 4.79 Å². The number of anilines is 1. The second kappa shape index (κ2) is 4.51. The molecule has 1 atom stereocenters. The highest BCUT2D eigenvalue weighted by molar-refractivity contribution is 5.94. The number of hydrogen-bond donors (Lipinski definition) is 2. The van der Waals surface area contributed by atoms with Crippen molar-refractivity contribution in [1.29, 1.82) is 0 Å². The van der Waals surface area contributed by atoms with Crippen molar-refractivity contribution in [3.8, 4) is 0 Å². The van der Waals surface area contributed by atoms with E-state index >= 15 is 0 Å². The van der Waals surface area contributed by atoms with Crippen LogP contribution >= 0.6 is 0 Å². The number of nitrogens with zero attached hydrogens (tertiary/aromatic N) is 2. The van der Waals surface area contributed by atoms with E-state index in [1.807, 2.05) is 6.92 Å². The van der Waals surface area contributed by atoms with Gasteiger partial charge in [0.2, 0.25) is 5.91 Å². The summed E-state index contributed by atoms with van der Waals surface area (Å²) in [4.78, 5) is 18.8. The Bertz CT molecular complexity index is 275. The zero-order chi connectivity index (χ0) is 9.68. The van der Waals surface area contributed by atoms with Gasteiger partial charge < -0.3 is 11.1 Å². The normalized spacial score (nSPS) is 12.2. The monoisotopic (exact) mass is 180 g/mol. The van der Waals surface area contributed by atoms with Crippen LogP contribution in [-0.4, -0.2) is 21.9 Å². The van der Waals surface area contributed by atoms with E-state index in [1.54, 1.807) is 0 Å². The molecule has 0 fully saturated rings. The Balaban J connectivity index is 2.55. The standard InChI is InChI=1S/C8H12N4O/c1-2-7(9)8(13)12-6-3-10-5-11-4-6/h3-5,7H,2,9H2,1H3,(H,12,13)/t7-/m0/s1. The lowest BCUT2D eigenvalue weighted by Gasteiger charge is -2.08. The summed E-state index contributed by atoms with van der Waals surface area (Å²) in [5.41, 5.74) is 6.08. The van der Waals surface area contributed by atoms with Crippen LogP contribution in [0.2, 0.25) is 0 Å². The number of rotatable bonds is 3. The number of nitrogens with one attached hydrogen (secondary N) is 1. The SMILES string of the molecule is CC[C@H](N)C(=O)Nc1cncnc1. The lowest BCUT2D eigenvalue weighted by Crippen LogP contribution is -2.34. The van der Waals surface area contributed by atoms with Crippen molar-refractivity contribution in [3.05, 3.63) is 18.7 Å². The zero-order valence-electron chi connectivity index (χ0n) is 7.40. The van der Waals surface area contributed by atoms with E-state index in [4.69, 9.17) is 5.73 Å². The average molecular weight is 180 g/mol. The Morgan fingerprint density at radius 3 is 2.77 bits per heavy atom. The van der Waals surface area contributed by atoms with Crippen LogP contribution in [0.4, 0.5) is 5.69 Å². The number of carbonyl (C=O) groups excluding carboxylic acids is 1. The van der Waals surface area contributed by atoms with Crippen LogP contribution < -0.4 is 11.1 Å². The summed E-state index contributed by atoms with van der Waals surface area (Å²) in [6.07, 6.45) is 5.05. The molecular weight excluding hydrogens is 168 g/mol. The molecule has 0 saturated heterocycles.